The van der Waals surface area contributed by atoms with E-state index in [1.54, 1.807) is 0 Å². The standard InChI is InChI=1S/C10H23ClSi/c1-4-5-9-12(2,3)10-7-6-8-11/h4-10H2,1-3H3. The van der Waals surface area contributed by atoms with Crippen molar-refractivity contribution >= 4 is 19.7 Å². The zero-order valence-electron chi connectivity index (χ0n) is 8.83. The molecule has 0 radical (unpaired) electrons. The number of rotatable bonds is 7. The van der Waals surface area contributed by atoms with Crippen LogP contribution in [-0.4, -0.2) is 14.0 Å². The van der Waals surface area contributed by atoms with Crippen molar-refractivity contribution in [2.24, 2.45) is 0 Å². The van der Waals surface area contributed by atoms with E-state index in [0.717, 1.165) is 5.88 Å². The molecule has 0 amide bonds. The molecule has 0 heterocycles. The molecule has 0 aliphatic heterocycles. The average Bonchev–Trinajstić information content (AvgIpc) is 2.01. The molecule has 0 aliphatic rings. The Kier molecular flexibility index (Phi) is 7.26. The SMILES string of the molecule is CCCC[Si](C)(C)CCCCCl. The van der Waals surface area contributed by atoms with E-state index in [1.165, 1.54) is 37.8 Å². The van der Waals surface area contributed by atoms with Gasteiger partial charge in [0, 0.05) is 14.0 Å². The normalized spacial score (nSPS) is 12.0. The molecule has 0 aliphatic carbocycles. The van der Waals surface area contributed by atoms with Gasteiger partial charge in [0.1, 0.15) is 0 Å². The zero-order valence-corrected chi connectivity index (χ0v) is 10.6. The molecule has 0 saturated carbocycles. The second-order valence-corrected chi connectivity index (χ2v) is 10.1. The molecule has 0 saturated heterocycles. The summed E-state index contributed by atoms with van der Waals surface area (Å²) in [5.74, 6) is 0.845. The minimum atomic E-state index is -0.820. The lowest BCUT2D eigenvalue weighted by atomic mass is 10.4. The molecule has 0 bridgehead atoms. The molecule has 0 aromatic heterocycles. The first-order valence-corrected chi connectivity index (χ1v) is 9.13. The third-order valence-electron chi connectivity index (χ3n) is 2.44. The van der Waals surface area contributed by atoms with Gasteiger partial charge in [-0.25, -0.2) is 0 Å². The van der Waals surface area contributed by atoms with Gasteiger partial charge in [-0.3, -0.25) is 0 Å². The van der Waals surface area contributed by atoms with Crippen LogP contribution in [0.2, 0.25) is 25.2 Å². The van der Waals surface area contributed by atoms with Gasteiger partial charge in [0.25, 0.3) is 0 Å². The van der Waals surface area contributed by atoms with Gasteiger partial charge in [-0.15, -0.1) is 11.6 Å². The lowest BCUT2D eigenvalue weighted by Crippen LogP contribution is -2.24. The highest BCUT2D eigenvalue weighted by Gasteiger charge is 2.18. The van der Waals surface area contributed by atoms with Crippen LogP contribution in [0.4, 0.5) is 0 Å². The molecule has 0 spiro atoms. The van der Waals surface area contributed by atoms with Crippen molar-refractivity contribution < 1.29 is 0 Å². The fourth-order valence-corrected chi connectivity index (χ4v) is 4.44. The van der Waals surface area contributed by atoms with Crippen molar-refractivity contribution in [2.45, 2.75) is 57.8 Å². The molecule has 0 unspecified atom stereocenters. The Hall–Kier alpha value is 0.507. The van der Waals surface area contributed by atoms with Crippen molar-refractivity contribution in [3.05, 3.63) is 0 Å². The number of hydrogen-bond acceptors (Lipinski definition) is 0. The minimum Gasteiger partial charge on any atom is -0.127 e. The molecule has 0 aromatic carbocycles. The number of unbranched alkanes of at least 4 members (excludes halogenated alkanes) is 2. The average molecular weight is 207 g/mol. The zero-order chi connectivity index (χ0) is 9.45. The summed E-state index contributed by atoms with van der Waals surface area (Å²) in [6, 6.07) is 2.98. The summed E-state index contributed by atoms with van der Waals surface area (Å²) < 4.78 is 0. The molecule has 0 N–H and O–H groups in total. The van der Waals surface area contributed by atoms with Crippen LogP contribution >= 0.6 is 11.6 Å². The minimum absolute atomic E-state index is 0.820. The van der Waals surface area contributed by atoms with Crippen molar-refractivity contribution in [1.29, 1.82) is 0 Å². The van der Waals surface area contributed by atoms with Gasteiger partial charge < -0.3 is 0 Å². The Bertz CT molecular complexity index is 102. The summed E-state index contributed by atoms with van der Waals surface area (Å²) >= 11 is 5.65. The molecule has 0 fully saturated rings. The predicted octanol–water partition coefficient (Wildman–Crippen LogP) is 4.51. The lowest BCUT2D eigenvalue weighted by molar-refractivity contribution is 0.833. The van der Waals surface area contributed by atoms with Crippen molar-refractivity contribution in [3.63, 3.8) is 0 Å². The van der Waals surface area contributed by atoms with E-state index < -0.39 is 8.07 Å². The van der Waals surface area contributed by atoms with Crippen LogP contribution in [0.25, 0.3) is 0 Å². The fourth-order valence-electron chi connectivity index (χ4n) is 1.48. The molecular weight excluding hydrogens is 184 g/mol. The summed E-state index contributed by atoms with van der Waals surface area (Å²) in [6.07, 6.45) is 5.35. The van der Waals surface area contributed by atoms with Crippen LogP contribution in [0.15, 0.2) is 0 Å². The van der Waals surface area contributed by atoms with Gasteiger partial charge in [-0.1, -0.05) is 51.4 Å². The summed E-state index contributed by atoms with van der Waals surface area (Å²) in [4.78, 5) is 0. The van der Waals surface area contributed by atoms with Gasteiger partial charge in [0.05, 0.1) is 0 Å². The predicted molar refractivity (Wildman–Crippen MR) is 62.0 cm³/mol. The second-order valence-electron chi connectivity index (χ2n) is 4.41. The van der Waals surface area contributed by atoms with E-state index in [-0.39, 0.29) is 0 Å². The highest BCUT2D eigenvalue weighted by molar-refractivity contribution is 6.77. The highest BCUT2D eigenvalue weighted by Crippen LogP contribution is 2.21. The van der Waals surface area contributed by atoms with Crippen LogP contribution in [0, 0.1) is 0 Å². The monoisotopic (exact) mass is 206 g/mol. The first-order chi connectivity index (χ1) is 5.62. The maximum atomic E-state index is 5.65. The first-order valence-electron chi connectivity index (χ1n) is 5.18. The van der Waals surface area contributed by atoms with Gasteiger partial charge in [0.15, 0.2) is 0 Å². The van der Waals surface area contributed by atoms with Crippen molar-refractivity contribution in [2.75, 3.05) is 5.88 Å². The van der Waals surface area contributed by atoms with E-state index in [0.29, 0.717) is 0 Å². The molecule has 0 rings (SSSR count). The molecule has 0 aromatic rings. The van der Waals surface area contributed by atoms with Crippen LogP contribution in [-0.2, 0) is 0 Å². The Morgan fingerprint density at radius 1 is 1.00 bits per heavy atom. The maximum Gasteiger partial charge on any atom is 0.0473 e. The Balaban J connectivity index is 3.42. The van der Waals surface area contributed by atoms with Crippen LogP contribution < -0.4 is 0 Å². The second kappa shape index (κ2) is 6.96. The summed E-state index contributed by atoms with van der Waals surface area (Å²) in [6.45, 7) is 7.30. The Morgan fingerprint density at radius 2 is 1.58 bits per heavy atom. The van der Waals surface area contributed by atoms with Crippen LogP contribution in [0.1, 0.15) is 32.6 Å². The van der Waals surface area contributed by atoms with Crippen LogP contribution in [0.5, 0.6) is 0 Å². The molecule has 74 valence electrons. The number of hydrogen-bond donors (Lipinski definition) is 0. The first kappa shape index (κ1) is 12.5. The number of halogens is 1. The largest absolute Gasteiger partial charge is 0.127 e. The fraction of sp³-hybridized carbons (Fsp3) is 1.00. The van der Waals surface area contributed by atoms with E-state index in [1.807, 2.05) is 0 Å². The lowest BCUT2D eigenvalue weighted by Gasteiger charge is -2.21. The van der Waals surface area contributed by atoms with Gasteiger partial charge in [-0.2, -0.15) is 0 Å². The smallest absolute Gasteiger partial charge is 0.0473 e. The Morgan fingerprint density at radius 3 is 2.08 bits per heavy atom. The molecule has 2 heteroatoms. The topological polar surface area (TPSA) is 0 Å². The molecule has 12 heavy (non-hydrogen) atoms. The van der Waals surface area contributed by atoms with E-state index in [9.17, 15) is 0 Å². The molecule has 0 atom stereocenters. The molecular formula is C10H23ClSi. The summed E-state index contributed by atoms with van der Waals surface area (Å²) in [5, 5.41) is 0. The van der Waals surface area contributed by atoms with Crippen molar-refractivity contribution in [1.82, 2.24) is 0 Å². The Labute approximate surface area is 83.7 Å². The van der Waals surface area contributed by atoms with Crippen LogP contribution in [0.3, 0.4) is 0 Å². The summed E-state index contributed by atoms with van der Waals surface area (Å²) in [7, 11) is -0.820. The van der Waals surface area contributed by atoms with Gasteiger partial charge in [-0.05, 0) is 6.42 Å². The van der Waals surface area contributed by atoms with E-state index in [2.05, 4.69) is 20.0 Å². The molecule has 0 nitrogen and oxygen atoms in total. The quantitative estimate of drug-likeness (QED) is 0.327. The van der Waals surface area contributed by atoms with E-state index in [4.69, 9.17) is 11.6 Å². The maximum absolute atomic E-state index is 5.65. The van der Waals surface area contributed by atoms with Gasteiger partial charge >= 0.3 is 0 Å². The third-order valence-corrected chi connectivity index (χ3v) is 6.13. The number of alkyl halides is 1. The summed E-state index contributed by atoms with van der Waals surface area (Å²) in [5.41, 5.74) is 0. The third kappa shape index (κ3) is 7.17. The van der Waals surface area contributed by atoms with Crippen molar-refractivity contribution in [3.8, 4) is 0 Å². The van der Waals surface area contributed by atoms with Gasteiger partial charge in [0.2, 0.25) is 0 Å². The van der Waals surface area contributed by atoms with E-state index >= 15 is 0 Å². The highest BCUT2D eigenvalue weighted by atomic mass is 35.5.